The summed E-state index contributed by atoms with van der Waals surface area (Å²) >= 11 is 0. The van der Waals surface area contributed by atoms with E-state index in [1.54, 1.807) is 30.3 Å². The van der Waals surface area contributed by atoms with Crippen molar-refractivity contribution in [2.45, 2.75) is 20.5 Å². The summed E-state index contributed by atoms with van der Waals surface area (Å²) < 4.78 is 19.7. The minimum atomic E-state index is -0.309. The number of rotatable bonds is 5. The van der Waals surface area contributed by atoms with Crippen LogP contribution in [0.5, 0.6) is 5.75 Å². The van der Waals surface area contributed by atoms with Crippen molar-refractivity contribution < 1.29 is 9.13 Å². The molecule has 4 rings (SSSR count). The topological polar surface area (TPSA) is 61.7 Å². The molecule has 4 nitrogen and oxygen atoms in total. The molecule has 0 atom stereocenters. The molecule has 1 aromatic heterocycles. The number of nitriles is 1. The molecule has 0 aliphatic carbocycles. The average Bonchev–Trinajstić information content (AvgIpc) is 3.15. The maximum atomic E-state index is 13.9. The Hall–Kier alpha value is -3.91. The number of allylic oxidation sites excluding steroid dienone is 1. The SMILES string of the molecule is Cc1cc2nc(C(C#N)=Cc3ccccc3OCc3ccccc3F)[nH]c2cc1C. The van der Waals surface area contributed by atoms with E-state index in [9.17, 15) is 9.65 Å². The van der Waals surface area contributed by atoms with Crippen LogP contribution < -0.4 is 4.74 Å². The number of benzene rings is 3. The molecule has 0 spiro atoms. The lowest BCUT2D eigenvalue weighted by Gasteiger charge is -2.10. The Labute approximate surface area is 174 Å². The van der Waals surface area contributed by atoms with Gasteiger partial charge in [-0.25, -0.2) is 9.37 Å². The summed E-state index contributed by atoms with van der Waals surface area (Å²) in [5.41, 5.74) is 5.60. The first-order chi connectivity index (χ1) is 14.5. The van der Waals surface area contributed by atoms with E-state index in [1.807, 2.05) is 44.2 Å². The van der Waals surface area contributed by atoms with Gasteiger partial charge in [-0.2, -0.15) is 5.26 Å². The van der Waals surface area contributed by atoms with E-state index in [4.69, 9.17) is 4.74 Å². The zero-order valence-electron chi connectivity index (χ0n) is 16.7. The van der Waals surface area contributed by atoms with Crippen molar-refractivity contribution in [2.24, 2.45) is 0 Å². The van der Waals surface area contributed by atoms with E-state index in [2.05, 4.69) is 16.0 Å². The summed E-state index contributed by atoms with van der Waals surface area (Å²) in [6, 6.07) is 20.1. The Morgan fingerprint density at radius 3 is 2.63 bits per heavy atom. The predicted octanol–water partition coefficient (Wildman–Crippen LogP) is 5.96. The van der Waals surface area contributed by atoms with Crippen molar-refractivity contribution in [3.05, 3.63) is 94.6 Å². The fraction of sp³-hybridized carbons (Fsp3) is 0.120. The van der Waals surface area contributed by atoms with Crippen molar-refractivity contribution >= 4 is 22.7 Å². The van der Waals surface area contributed by atoms with E-state index < -0.39 is 0 Å². The summed E-state index contributed by atoms with van der Waals surface area (Å²) in [6.07, 6.45) is 1.73. The highest BCUT2D eigenvalue weighted by atomic mass is 19.1. The number of para-hydroxylation sites is 1. The third-order valence-electron chi connectivity index (χ3n) is 5.03. The molecule has 0 fully saturated rings. The number of aromatic amines is 1. The fourth-order valence-corrected chi connectivity index (χ4v) is 3.21. The van der Waals surface area contributed by atoms with Gasteiger partial charge in [0.15, 0.2) is 0 Å². The van der Waals surface area contributed by atoms with E-state index in [0.29, 0.717) is 22.7 Å². The van der Waals surface area contributed by atoms with Gasteiger partial charge in [0.05, 0.1) is 16.6 Å². The maximum absolute atomic E-state index is 13.9. The number of imidazole rings is 1. The Bertz CT molecular complexity index is 1260. The Balaban J connectivity index is 1.66. The first-order valence-electron chi connectivity index (χ1n) is 9.59. The molecule has 3 aromatic carbocycles. The van der Waals surface area contributed by atoms with E-state index >= 15 is 0 Å². The standard InChI is InChI=1S/C25H20FN3O/c1-16-11-22-23(12-17(16)2)29-25(28-22)20(14-27)13-18-7-4-6-10-24(18)30-15-19-8-3-5-9-21(19)26/h3-13H,15H2,1-2H3,(H,28,29). The number of fused-ring (bicyclic) bond motifs is 1. The third-order valence-corrected chi connectivity index (χ3v) is 5.03. The molecule has 4 aromatic rings. The number of aryl methyl sites for hydroxylation is 2. The van der Waals surface area contributed by atoms with Crippen LogP contribution in [0.15, 0.2) is 60.7 Å². The second-order valence-electron chi connectivity index (χ2n) is 7.13. The Kier molecular flexibility index (Phi) is 5.32. The first-order valence-corrected chi connectivity index (χ1v) is 9.59. The number of H-pyrrole nitrogens is 1. The number of halogens is 1. The summed E-state index contributed by atoms with van der Waals surface area (Å²) in [7, 11) is 0. The van der Waals surface area contributed by atoms with Gasteiger partial charge in [0, 0.05) is 11.1 Å². The number of nitrogens with one attached hydrogen (secondary N) is 1. The van der Waals surface area contributed by atoms with Gasteiger partial charge in [-0.15, -0.1) is 0 Å². The molecule has 148 valence electrons. The van der Waals surface area contributed by atoms with Gasteiger partial charge in [0.2, 0.25) is 0 Å². The van der Waals surface area contributed by atoms with Gasteiger partial charge in [-0.1, -0.05) is 36.4 Å². The van der Waals surface area contributed by atoms with Crippen LogP contribution in [-0.2, 0) is 6.61 Å². The highest BCUT2D eigenvalue weighted by molar-refractivity contribution is 5.91. The molecule has 30 heavy (non-hydrogen) atoms. The lowest BCUT2D eigenvalue weighted by molar-refractivity contribution is 0.299. The first kappa shape index (κ1) is 19.4. The van der Waals surface area contributed by atoms with Crippen LogP contribution in [-0.4, -0.2) is 9.97 Å². The number of nitrogens with zero attached hydrogens (tertiary/aromatic N) is 2. The van der Waals surface area contributed by atoms with Gasteiger partial charge in [0.1, 0.15) is 30.1 Å². The lowest BCUT2D eigenvalue weighted by Crippen LogP contribution is -1.99. The normalized spacial score (nSPS) is 11.5. The van der Waals surface area contributed by atoms with Gasteiger partial charge in [-0.05, 0) is 55.3 Å². The average molecular weight is 397 g/mol. The highest BCUT2D eigenvalue weighted by Crippen LogP contribution is 2.26. The lowest BCUT2D eigenvalue weighted by atomic mass is 10.1. The highest BCUT2D eigenvalue weighted by Gasteiger charge is 2.11. The molecule has 0 saturated carbocycles. The zero-order chi connectivity index (χ0) is 21.1. The molecule has 0 amide bonds. The maximum Gasteiger partial charge on any atom is 0.149 e. The number of hydrogen-bond acceptors (Lipinski definition) is 3. The largest absolute Gasteiger partial charge is 0.488 e. The number of aromatic nitrogens is 2. The van der Waals surface area contributed by atoms with Crippen LogP contribution >= 0.6 is 0 Å². The molecule has 1 heterocycles. The van der Waals surface area contributed by atoms with Crippen molar-refractivity contribution in [3.8, 4) is 11.8 Å². The molecular weight excluding hydrogens is 377 g/mol. The van der Waals surface area contributed by atoms with E-state index in [-0.39, 0.29) is 12.4 Å². The van der Waals surface area contributed by atoms with Crippen LogP contribution in [0.3, 0.4) is 0 Å². The van der Waals surface area contributed by atoms with Crippen LogP contribution in [0.25, 0.3) is 22.7 Å². The third kappa shape index (κ3) is 3.94. The summed E-state index contributed by atoms with van der Waals surface area (Å²) in [6.45, 7) is 4.18. The molecule has 0 aliphatic rings. The minimum absolute atomic E-state index is 0.0998. The number of hydrogen-bond donors (Lipinski definition) is 1. The van der Waals surface area contributed by atoms with Crippen molar-refractivity contribution in [3.63, 3.8) is 0 Å². The fourth-order valence-electron chi connectivity index (χ4n) is 3.21. The molecule has 0 saturated heterocycles. The smallest absolute Gasteiger partial charge is 0.149 e. The van der Waals surface area contributed by atoms with Crippen LogP contribution in [0.2, 0.25) is 0 Å². The Morgan fingerprint density at radius 1 is 1.10 bits per heavy atom. The second-order valence-corrected chi connectivity index (χ2v) is 7.13. The van der Waals surface area contributed by atoms with Gasteiger partial charge in [-0.3, -0.25) is 0 Å². The van der Waals surface area contributed by atoms with Crippen molar-refractivity contribution in [2.75, 3.05) is 0 Å². The minimum Gasteiger partial charge on any atom is -0.488 e. The van der Waals surface area contributed by atoms with Gasteiger partial charge >= 0.3 is 0 Å². The number of ether oxygens (including phenoxy) is 1. The molecular formula is C25H20FN3O. The summed E-state index contributed by atoms with van der Waals surface area (Å²) in [4.78, 5) is 7.81. The quantitative estimate of drug-likeness (QED) is 0.423. The van der Waals surface area contributed by atoms with Gasteiger partial charge < -0.3 is 9.72 Å². The summed E-state index contributed by atoms with van der Waals surface area (Å²) in [5, 5.41) is 9.74. The molecule has 5 heteroatoms. The predicted molar refractivity (Wildman–Crippen MR) is 116 cm³/mol. The zero-order valence-corrected chi connectivity index (χ0v) is 16.7. The van der Waals surface area contributed by atoms with Crippen molar-refractivity contribution in [1.82, 2.24) is 9.97 Å². The second kappa shape index (κ2) is 8.22. The van der Waals surface area contributed by atoms with Crippen LogP contribution in [0.1, 0.15) is 28.1 Å². The molecule has 0 aliphatic heterocycles. The van der Waals surface area contributed by atoms with E-state index in [1.165, 1.54) is 6.07 Å². The molecule has 0 radical (unpaired) electrons. The van der Waals surface area contributed by atoms with Crippen molar-refractivity contribution in [1.29, 1.82) is 5.26 Å². The molecule has 1 N–H and O–H groups in total. The monoisotopic (exact) mass is 397 g/mol. The van der Waals surface area contributed by atoms with Crippen LogP contribution in [0.4, 0.5) is 4.39 Å². The summed E-state index contributed by atoms with van der Waals surface area (Å²) in [5.74, 6) is 0.758. The van der Waals surface area contributed by atoms with Crippen LogP contribution in [0, 0.1) is 31.0 Å². The Morgan fingerprint density at radius 2 is 1.83 bits per heavy atom. The van der Waals surface area contributed by atoms with E-state index in [0.717, 1.165) is 27.7 Å². The molecule has 0 unspecified atom stereocenters. The molecule has 0 bridgehead atoms. The van der Waals surface area contributed by atoms with Gasteiger partial charge in [0.25, 0.3) is 0 Å².